The maximum Gasteiger partial charge on any atom is 0.292 e. The summed E-state index contributed by atoms with van der Waals surface area (Å²) < 4.78 is 32.1. The van der Waals surface area contributed by atoms with Gasteiger partial charge in [0, 0.05) is 6.07 Å². The van der Waals surface area contributed by atoms with E-state index >= 15 is 0 Å². The Bertz CT molecular complexity index is 1250. The van der Waals surface area contributed by atoms with Crippen LogP contribution in [0.4, 0.5) is 5.82 Å². The van der Waals surface area contributed by atoms with Gasteiger partial charge < -0.3 is 9.73 Å². The Hall–Kier alpha value is -3.65. The lowest BCUT2D eigenvalue weighted by Crippen LogP contribution is -2.15. The van der Waals surface area contributed by atoms with E-state index in [4.69, 9.17) is 4.42 Å². The number of rotatable bonds is 7. The van der Waals surface area contributed by atoms with Gasteiger partial charge in [-0.15, -0.1) is 0 Å². The molecule has 0 aliphatic carbocycles. The van der Waals surface area contributed by atoms with Gasteiger partial charge in [-0.25, -0.2) is 13.1 Å². The van der Waals surface area contributed by atoms with Gasteiger partial charge in [-0.2, -0.15) is 5.10 Å². The van der Waals surface area contributed by atoms with Crippen molar-refractivity contribution in [2.75, 3.05) is 5.32 Å². The number of hydrogen-bond acceptors (Lipinski definition) is 5. The van der Waals surface area contributed by atoms with Crippen LogP contribution < -0.4 is 5.32 Å². The summed E-state index contributed by atoms with van der Waals surface area (Å²) in [6.07, 6.45) is 1.60. The lowest BCUT2D eigenvalue weighted by Gasteiger charge is -2.08. The molecule has 0 bridgehead atoms. The van der Waals surface area contributed by atoms with Crippen LogP contribution in [0.3, 0.4) is 0 Å². The molecule has 8 heteroatoms. The number of anilines is 1. The molecular formula is C22H19N3O4S. The van der Waals surface area contributed by atoms with Gasteiger partial charge in [0.1, 0.15) is 17.3 Å². The van der Waals surface area contributed by atoms with Gasteiger partial charge in [0.05, 0.1) is 17.6 Å². The van der Waals surface area contributed by atoms with E-state index in [1.165, 1.54) is 24.3 Å². The van der Waals surface area contributed by atoms with E-state index in [1.54, 1.807) is 35.1 Å². The third-order valence-electron chi connectivity index (χ3n) is 4.45. The smallest absolute Gasteiger partial charge is 0.292 e. The second-order valence-electron chi connectivity index (χ2n) is 6.65. The summed E-state index contributed by atoms with van der Waals surface area (Å²) in [6.45, 7) is 0.502. The molecule has 1 amide bonds. The normalized spacial score (nSPS) is 11.3. The van der Waals surface area contributed by atoms with E-state index in [0.717, 1.165) is 5.56 Å². The maximum atomic E-state index is 12.6. The number of nitrogens with zero attached hydrogens (tertiary/aromatic N) is 2. The van der Waals surface area contributed by atoms with Crippen molar-refractivity contribution in [2.24, 2.45) is 0 Å². The number of carbonyl (C=O) groups excluding carboxylic acids is 1. The molecule has 0 spiro atoms. The average molecular weight is 421 g/mol. The fourth-order valence-corrected chi connectivity index (χ4v) is 4.24. The minimum Gasteiger partial charge on any atom is -0.455 e. The van der Waals surface area contributed by atoms with Crippen molar-refractivity contribution in [3.05, 3.63) is 102 Å². The quantitative estimate of drug-likeness (QED) is 0.490. The Labute approximate surface area is 173 Å². The number of carbonyl (C=O) groups is 1. The summed E-state index contributed by atoms with van der Waals surface area (Å²) in [5, 5.41) is 6.99. The highest BCUT2D eigenvalue weighted by molar-refractivity contribution is 7.90. The SMILES string of the molecule is O=C(Nc1ccnn1Cc1ccccc1)c1ccc(CS(=O)(=O)c2ccccc2)o1. The van der Waals surface area contributed by atoms with E-state index in [1.807, 2.05) is 30.3 Å². The van der Waals surface area contributed by atoms with Crippen molar-refractivity contribution in [1.29, 1.82) is 0 Å². The summed E-state index contributed by atoms with van der Waals surface area (Å²) in [4.78, 5) is 12.8. The number of amides is 1. The molecular weight excluding hydrogens is 402 g/mol. The van der Waals surface area contributed by atoms with Crippen molar-refractivity contribution >= 4 is 21.6 Å². The number of benzene rings is 2. The Morgan fingerprint density at radius 3 is 2.37 bits per heavy atom. The van der Waals surface area contributed by atoms with Gasteiger partial charge in [0.25, 0.3) is 5.91 Å². The van der Waals surface area contributed by atoms with Crippen LogP contribution in [0.2, 0.25) is 0 Å². The summed E-state index contributed by atoms with van der Waals surface area (Å²) in [5.74, 6) is -0.0645. The van der Waals surface area contributed by atoms with Crippen molar-refractivity contribution in [1.82, 2.24) is 9.78 Å². The predicted molar refractivity (Wildman–Crippen MR) is 112 cm³/mol. The largest absolute Gasteiger partial charge is 0.455 e. The summed E-state index contributed by atoms with van der Waals surface area (Å²) in [5.41, 5.74) is 1.04. The van der Waals surface area contributed by atoms with E-state index in [0.29, 0.717) is 12.4 Å². The molecule has 2 aromatic heterocycles. The molecule has 1 N–H and O–H groups in total. The van der Waals surface area contributed by atoms with E-state index < -0.39 is 15.7 Å². The highest BCUT2D eigenvalue weighted by atomic mass is 32.2. The highest BCUT2D eigenvalue weighted by Gasteiger charge is 2.19. The Morgan fingerprint density at radius 2 is 1.63 bits per heavy atom. The molecule has 0 radical (unpaired) electrons. The maximum absolute atomic E-state index is 12.6. The second-order valence-corrected chi connectivity index (χ2v) is 8.64. The van der Waals surface area contributed by atoms with Crippen LogP contribution in [-0.2, 0) is 22.1 Å². The van der Waals surface area contributed by atoms with Crippen LogP contribution >= 0.6 is 0 Å². The third kappa shape index (κ3) is 4.49. The molecule has 2 aromatic carbocycles. The molecule has 4 aromatic rings. The van der Waals surface area contributed by atoms with Gasteiger partial charge in [-0.1, -0.05) is 48.5 Å². The Kier molecular flexibility index (Phi) is 5.49. The molecule has 0 aliphatic heterocycles. The first-order valence-electron chi connectivity index (χ1n) is 9.25. The third-order valence-corrected chi connectivity index (χ3v) is 6.11. The molecule has 0 fully saturated rings. The molecule has 0 atom stereocenters. The van der Waals surface area contributed by atoms with Gasteiger partial charge in [-0.3, -0.25) is 4.79 Å². The number of sulfone groups is 1. The summed E-state index contributed by atoms with van der Waals surface area (Å²) in [6, 6.07) is 22.5. The number of furan rings is 1. The molecule has 7 nitrogen and oxygen atoms in total. The molecule has 0 unspecified atom stereocenters. The van der Waals surface area contributed by atoms with E-state index in [-0.39, 0.29) is 22.2 Å². The highest BCUT2D eigenvalue weighted by Crippen LogP contribution is 2.19. The van der Waals surface area contributed by atoms with Crippen molar-refractivity contribution in [2.45, 2.75) is 17.2 Å². The fraction of sp³-hybridized carbons (Fsp3) is 0.0909. The van der Waals surface area contributed by atoms with Crippen molar-refractivity contribution in [3.63, 3.8) is 0 Å². The first-order valence-corrected chi connectivity index (χ1v) is 10.9. The molecule has 152 valence electrons. The number of aromatic nitrogens is 2. The zero-order chi connectivity index (χ0) is 21.0. The standard InChI is InChI=1S/C22H19N3O4S/c26-22(24-21-13-14-23-25(21)15-17-7-3-1-4-8-17)20-12-11-18(29-20)16-30(27,28)19-9-5-2-6-10-19/h1-14H,15-16H2,(H,24,26). The van der Waals surface area contributed by atoms with Crippen molar-refractivity contribution < 1.29 is 17.6 Å². The van der Waals surface area contributed by atoms with Gasteiger partial charge >= 0.3 is 0 Å². The molecule has 0 saturated heterocycles. The van der Waals surface area contributed by atoms with Crippen LogP contribution in [0, 0.1) is 0 Å². The average Bonchev–Trinajstić information content (AvgIpc) is 3.39. The monoisotopic (exact) mass is 421 g/mol. The molecule has 4 rings (SSSR count). The molecule has 30 heavy (non-hydrogen) atoms. The van der Waals surface area contributed by atoms with Gasteiger partial charge in [-0.05, 0) is 29.8 Å². The zero-order valence-corrected chi connectivity index (χ0v) is 16.7. The topological polar surface area (TPSA) is 94.2 Å². The minimum absolute atomic E-state index is 0.0284. The lowest BCUT2D eigenvalue weighted by molar-refractivity contribution is 0.0994. The predicted octanol–water partition coefficient (Wildman–Crippen LogP) is 3.75. The van der Waals surface area contributed by atoms with Gasteiger partial charge in [0.15, 0.2) is 15.6 Å². The van der Waals surface area contributed by atoms with Crippen LogP contribution in [-0.4, -0.2) is 24.1 Å². The zero-order valence-electron chi connectivity index (χ0n) is 15.9. The number of hydrogen-bond donors (Lipinski definition) is 1. The summed E-state index contributed by atoms with van der Waals surface area (Å²) >= 11 is 0. The minimum atomic E-state index is -3.56. The first kappa shape index (κ1) is 19.7. The number of nitrogens with one attached hydrogen (secondary N) is 1. The summed E-state index contributed by atoms with van der Waals surface area (Å²) in [7, 11) is -3.56. The first-order chi connectivity index (χ1) is 14.5. The van der Waals surface area contributed by atoms with E-state index in [2.05, 4.69) is 10.4 Å². The lowest BCUT2D eigenvalue weighted by atomic mass is 10.2. The van der Waals surface area contributed by atoms with Crippen LogP contribution in [0.25, 0.3) is 0 Å². The Morgan fingerprint density at radius 1 is 0.933 bits per heavy atom. The Balaban J connectivity index is 1.45. The molecule has 2 heterocycles. The molecule has 0 saturated carbocycles. The van der Waals surface area contributed by atoms with Crippen molar-refractivity contribution in [3.8, 4) is 0 Å². The molecule has 0 aliphatic rings. The van der Waals surface area contributed by atoms with Crippen LogP contribution in [0.15, 0.2) is 94.4 Å². The van der Waals surface area contributed by atoms with E-state index in [9.17, 15) is 13.2 Å². The van der Waals surface area contributed by atoms with Gasteiger partial charge in [0.2, 0.25) is 0 Å². The second kappa shape index (κ2) is 8.38. The van der Waals surface area contributed by atoms with Crippen LogP contribution in [0.1, 0.15) is 21.9 Å². The fourth-order valence-electron chi connectivity index (χ4n) is 2.98. The van der Waals surface area contributed by atoms with Crippen LogP contribution in [0.5, 0.6) is 0 Å².